The summed E-state index contributed by atoms with van der Waals surface area (Å²) in [5, 5.41) is 0. The van der Waals surface area contributed by atoms with Gasteiger partial charge in [-0.1, -0.05) is 52.3 Å². The second-order valence-corrected chi connectivity index (χ2v) is 5.63. The van der Waals surface area contributed by atoms with Crippen molar-refractivity contribution in [2.24, 2.45) is 0 Å². The second-order valence-electron chi connectivity index (χ2n) is 3.79. The molecule has 0 radical (unpaired) electrons. The van der Waals surface area contributed by atoms with Crippen molar-refractivity contribution >= 4 is 33.4 Å². The zero-order valence-electron chi connectivity index (χ0n) is 9.40. The van der Waals surface area contributed by atoms with Crippen molar-refractivity contribution < 1.29 is 0 Å². The van der Waals surface area contributed by atoms with Gasteiger partial charge >= 0.3 is 0 Å². The molecular formula is C14H14BrNS. The Bertz CT molecular complexity index is 465. The molecule has 0 heterocycles. The largest absolute Gasteiger partial charge is 0.398 e. The highest BCUT2D eigenvalue weighted by molar-refractivity contribution is 9.10. The van der Waals surface area contributed by atoms with E-state index in [0.717, 1.165) is 21.7 Å². The third kappa shape index (κ3) is 3.51. The maximum atomic E-state index is 5.96. The number of benzene rings is 2. The van der Waals surface area contributed by atoms with Crippen LogP contribution in [0.15, 0.2) is 53.0 Å². The van der Waals surface area contributed by atoms with E-state index in [9.17, 15) is 0 Å². The van der Waals surface area contributed by atoms with Gasteiger partial charge in [0.05, 0.1) is 0 Å². The number of nitrogen functional groups attached to an aromatic ring is 1. The first-order chi connectivity index (χ1) is 8.27. The number of thioether (sulfide) groups is 1. The van der Waals surface area contributed by atoms with Gasteiger partial charge in [0.25, 0.3) is 0 Å². The molecule has 0 aromatic heterocycles. The van der Waals surface area contributed by atoms with Crippen molar-refractivity contribution in [3.63, 3.8) is 0 Å². The van der Waals surface area contributed by atoms with E-state index < -0.39 is 0 Å². The molecule has 0 saturated heterocycles. The smallest absolute Gasteiger partial charge is 0.0366 e. The topological polar surface area (TPSA) is 26.0 Å². The highest BCUT2D eigenvalue weighted by Gasteiger charge is 2.03. The minimum Gasteiger partial charge on any atom is -0.398 e. The summed E-state index contributed by atoms with van der Waals surface area (Å²) in [7, 11) is 0. The molecule has 3 heteroatoms. The molecule has 88 valence electrons. The lowest BCUT2D eigenvalue weighted by Gasteiger charge is -2.07. The fourth-order valence-corrected chi connectivity index (χ4v) is 3.34. The number of halogens is 1. The summed E-state index contributed by atoms with van der Waals surface area (Å²) in [6, 6.07) is 16.4. The Hall–Kier alpha value is -0.930. The lowest BCUT2D eigenvalue weighted by Crippen LogP contribution is -1.93. The highest BCUT2D eigenvalue weighted by Crippen LogP contribution is 2.28. The molecule has 2 aromatic rings. The van der Waals surface area contributed by atoms with Crippen molar-refractivity contribution in [3.8, 4) is 0 Å². The van der Waals surface area contributed by atoms with Gasteiger partial charge in [-0.25, -0.2) is 0 Å². The number of hydrogen-bond donors (Lipinski definition) is 1. The zero-order valence-corrected chi connectivity index (χ0v) is 11.8. The van der Waals surface area contributed by atoms with Gasteiger partial charge in [0.15, 0.2) is 0 Å². The van der Waals surface area contributed by atoms with E-state index in [-0.39, 0.29) is 0 Å². The van der Waals surface area contributed by atoms with Gasteiger partial charge in [0, 0.05) is 21.7 Å². The standard InChI is InChI=1S/C14H14BrNS/c15-13-7-4-8-14(16)12(13)10-17-9-11-5-2-1-3-6-11/h1-8H,9-10,16H2. The minimum atomic E-state index is 0.861. The molecule has 0 aliphatic heterocycles. The first-order valence-corrected chi connectivity index (χ1v) is 7.36. The van der Waals surface area contributed by atoms with Crippen LogP contribution in [-0.2, 0) is 11.5 Å². The third-order valence-electron chi connectivity index (χ3n) is 2.51. The van der Waals surface area contributed by atoms with E-state index in [0.29, 0.717) is 0 Å². The predicted molar refractivity (Wildman–Crippen MR) is 80.0 cm³/mol. The Kier molecular flexibility index (Phi) is 4.51. The van der Waals surface area contributed by atoms with Crippen LogP contribution < -0.4 is 5.73 Å². The summed E-state index contributed by atoms with van der Waals surface area (Å²) in [6.45, 7) is 0. The van der Waals surface area contributed by atoms with E-state index >= 15 is 0 Å². The fraction of sp³-hybridized carbons (Fsp3) is 0.143. The molecule has 2 aromatic carbocycles. The molecule has 0 aliphatic carbocycles. The Labute approximate surface area is 115 Å². The van der Waals surface area contributed by atoms with E-state index in [2.05, 4.69) is 40.2 Å². The average molecular weight is 308 g/mol. The van der Waals surface area contributed by atoms with Crippen molar-refractivity contribution in [3.05, 3.63) is 64.1 Å². The van der Waals surface area contributed by atoms with Gasteiger partial charge in [0.2, 0.25) is 0 Å². The van der Waals surface area contributed by atoms with Crippen LogP contribution in [0.3, 0.4) is 0 Å². The van der Waals surface area contributed by atoms with Gasteiger partial charge in [-0.2, -0.15) is 11.8 Å². The molecular weight excluding hydrogens is 294 g/mol. The highest BCUT2D eigenvalue weighted by atomic mass is 79.9. The summed E-state index contributed by atoms with van der Waals surface area (Å²) < 4.78 is 1.10. The summed E-state index contributed by atoms with van der Waals surface area (Å²) in [4.78, 5) is 0. The third-order valence-corrected chi connectivity index (χ3v) is 4.29. The van der Waals surface area contributed by atoms with Gasteiger partial charge in [-0.3, -0.25) is 0 Å². The molecule has 17 heavy (non-hydrogen) atoms. The van der Waals surface area contributed by atoms with Crippen LogP contribution in [0, 0.1) is 0 Å². The molecule has 0 unspecified atom stereocenters. The monoisotopic (exact) mass is 307 g/mol. The summed E-state index contributed by atoms with van der Waals surface area (Å²) in [5.74, 6) is 1.95. The number of rotatable bonds is 4. The maximum Gasteiger partial charge on any atom is 0.0366 e. The van der Waals surface area contributed by atoms with Crippen molar-refractivity contribution in [1.29, 1.82) is 0 Å². The van der Waals surface area contributed by atoms with Gasteiger partial charge in [-0.15, -0.1) is 0 Å². The molecule has 0 aliphatic rings. The molecule has 1 nitrogen and oxygen atoms in total. The van der Waals surface area contributed by atoms with E-state index in [4.69, 9.17) is 5.73 Å². The summed E-state index contributed by atoms with van der Waals surface area (Å²) in [5.41, 5.74) is 9.36. The average Bonchev–Trinajstić information content (AvgIpc) is 2.34. The number of hydrogen-bond acceptors (Lipinski definition) is 2. The molecule has 2 rings (SSSR count). The molecule has 2 N–H and O–H groups in total. The lowest BCUT2D eigenvalue weighted by molar-refractivity contribution is 1.35. The van der Waals surface area contributed by atoms with Gasteiger partial charge < -0.3 is 5.73 Å². The summed E-state index contributed by atoms with van der Waals surface area (Å²) in [6.07, 6.45) is 0. The molecule has 0 spiro atoms. The first-order valence-electron chi connectivity index (χ1n) is 5.42. The van der Waals surface area contributed by atoms with Crippen LogP contribution in [0.25, 0.3) is 0 Å². The Morgan fingerprint density at radius 2 is 1.71 bits per heavy atom. The van der Waals surface area contributed by atoms with Crippen LogP contribution >= 0.6 is 27.7 Å². The van der Waals surface area contributed by atoms with Crippen LogP contribution in [0.1, 0.15) is 11.1 Å². The van der Waals surface area contributed by atoms with Crippen LogP contribution in [0.4, 0.5) is 5.69 Å². The molecule has 0 bridgehead atoms. The Balaban J connectivity index is 1.95. The molecule has 0 fully saturated rings. The molecule has 0 amide bonds. The van der Waals surface area contributed by atoms with Crippen LogP contribution in [0.2, 0.25) is 0 Å². The number of anilines is 1. The zero-order chi connectivity index (χ0) is 12.1. The van der Waals surface area contributed by atoms with Gasteiger partial charge in [0.1, 0.15) is 0 Å². The van der Waals surface area contributed by atoms with Crippen molar-refractivity contribution in [2.75, 3.05) is 5.73 Å². The molecule has 0 atom stereocenters. The predicted octanol–water partition coefficient (Wildman–Crippen LogP) is 4.46. The molecule has 0 saturated carbocycles. The SMILES string of the molecule is Nc1cccc(Br)c1CSCc1ccccc1. The van der Waals surface area contributed by atoms with E-state index in [1.807, 2.05) is 36.0 Å². The van der Waals surface area contributed by atoms with Crippen LogP contribution in [0.5, 0.6) is 0 Å². The van der Waals surface area contributed by atoms with Crippen molar-refractivity contribution in [2.45, 2.75) is 11.5 Å². The lowest BCUT2D eigenvalue weighted by atomic mass is 10.2. The van der Waals surface area contributed by atoms with E-state index in [1.54, 1.807) is 0 Å². The van der Waals surface area contributed by atoms with Gasteiger partial charge in [-0.05, 0) is 23.3 Å². The fourth-order valence-electron chi connectivity index (χ4n) is 1.57. The normalized spacial score (nSPS) is 10.4. The van der Waals surface area contributed by atoms with E-state index in [1.165, 1.54) is 11.1 Å². The minimum absolute atomic E-state index is 0.861. The Morgan fingerprint density at radius 1 is 0.941 bits per heavy atom. The summed E-state index contributed by atoms with van der Waals surface area (Å²) >= 11 is 5.42. The number of nitrogens with two attached hydrogens (primary N) is 1. The van der Waals surface area contributed by atoms with Crippen LogP contribution in [-0.4, -0.2) is 0 Å². The Morgan fingerprint density at radius 3 is 2.41 bits per heavy atom. The maximum absolute atomic E-state index is 5.96. The first kappa shape index (κ1) is 12.5. The quantitative estimate of drug-likeness (QED) is 0.844. The van der Waals surface area contributed by atoms with Crippen molar-refractivity contribution in [1.82, 2.24) is 0 Å². The second kappa shape index (κ2) is 6.12.